The summed E-state index contributed by atoms with van der Waals surface area (Å²) in [6.45, 7) is -0.430. The summed E-state index contributed by atoms with van der Waals surface area (Å²) >= 11 is 0. The van der Waals surface area contributed by atoms with Gasteiger partial charge in [-0.3, -0.25) is 4.79 Å². The molecule has 22 heavy (non-hydrogen) atoms. The lowest BCUT2D eigenvalue weighted by atomic mass is 10.1. The monoisotopic (exact) mass is 302 g/mol. The third-order valence-electron chi connectivity index (χ3n) is 2.83. The van der Waals surface area contributed by atoms with Gasteiger partial charge in [-0.2, -0.15) is 5.26 Å². The van der Waals surface area contributed by atoms with Crippen LogP contribution in [0.15, 0.2) is 48.5 Å². The molecular formula is C16H12F2N2O2. The second-order valence-corrected chi connectivity index (χ2v) is 4.40. The van der Waals surface area contributed by atoms with Crippen molar-refractivity contribution in [3.63, 3.8) is 0 Å². The summed E-state index contributed by atoms with van der Waals surface area (Å²) in [4.78, 5) is 11.8. The van der Waals surface area contributed by atoms with E-state index in [2.05, 4.69) is 5.32 Å². The highest BCUT2D eigenvalue weighted by Crippen LogP contribution is 2.16. The number of amides is 1. The van der Waals surface area contributed by atoms with Crippen LogP contribution in [0.3, 0.4) is 0 Å². The number of nitrogens with one attached hydrogen (secondary N) is 1. The maximum atomic E-state index is 13.3. The molecule has 0 aliphatic carbocycles. The van der Waals surface area contributed by atoms with Crippen LogP contribution in [-0.2, 0) is 4.79 Å². The Balaban J connectivity index is 1.94. The Hall–Kier alpha value is -2.94. The molecule has 2 aromatic rings. The van der Waals surface area contributed by atoms with Crippen LogP contribution in [0.25, 0.3) is 0 Å². The van der Waals surface area contributed by atoms with Crippen molar-refractivity contribution in [3.8, 4) is 11.8 Å². The van der Waals surface area contributed by atoms with E-state index >= 15 is 0 Å². The molecule has 0 aromatic heterocycles. The lowest BCUT2D eigenvalue weighted by Crippen LogP contribution is -2.32. The molecule has 6 heteroatoms. The number of carbonyl (C=O) groups excluding carboxylic acids is 1. The fourth-order valence-corrected chi connectivity index (χ4v) is 1.75. The maximum absolute atomic E-state index is 13.3. The first-order valence-corrected chi connectivity index (χ1v) is 6.42. The van der Waals surface area contributed by atoms with E-state index in [1.807, 2.05) is 6.07 Å². The second kappa shape index (κ2) is 7.18. The highest BCUT2D eigenvalue weighted by atomic mass is 19.1. The molecule has 0 saturated heterocycles. The Labute approximate surface area is 125 Å². The van der Waals surface area contributed by atoms with Crippen molar-refractivity contribution in [2.75, 3.05) is 6.61 Å². The fraction of sp³-hybridized carbons (Fsp3) is 0.125. The number of halogens is 2. The number of nitriles is 1. The lowest BCUT2D eigenvalue weighted by molar-refractivity contribution is -0.123. The average molecular weight is 302 g/mol. The van der Waals surface area contributed by atoms with Crippen LogP contribution in [0.1, 0.15) is 11.6 Å². The Bertz CT molecular complexity index is 696. The Kier molecular flexibility index (Phi) is 5.04. The summed E-state index contributed by atoms with van der Waals surface area (Å²) in [6.07, 6.45) is 0. The minimum absolute atomic E-state index is 0.0482. The van der Waals surface area contributed by atoms with E-state index < -0.39 is 30.2 Å². The van der Waals surface area contributed by atoms with E-state index in [1.54, 1.807) is 6.07 Å². The molecule has 1 amide bonds. The SMILES string of the molecule is N#C[C@@H](NC(=O)COc1ccccc1F)c1ccc(F)cc1. The third-order valence-corrected chi connectivity index (χ3v) is 2.83. The number of carbonyl (C=O) groups is 1. The van der Waals surface area contributed by atoms with Crippen molar-refractivity contribution in [2.45, 2.75) is 6.04 Å². The largest absolute Gasteiger partial charge is 0.481 e. The molecule has 0 aliphatic rings. The van der Waals surface area contributed by atoms with Crippen LogP contribution < -0.4 is 10.1 Å². The Morgan fingerprint density at radius 1 is 1.18 bits per heavy atom. The van der Waals surface area contributed by atoms with E-state index in [4.69, 9.17) is 10.00 Å². The predicted molar refractivity (Wildman–Crippen MR) is 74.8 cm³/mol. The van der Waals surface area contributed by atoms with Crippen LogP contribution in [0.5, 0.6) is 5.75 Å². The zero-order valence-corrected chi connectivity index (χ0v) is 11.4. The van der Waals surface area contributed by atoms with Crippen molar-refractivity contribution < 1.29 is 18.3 Å². The first-order chi connectivity index (χ1) is 10.6. The number of hydrogen-bond donors (Lipinski definition) is 1. The van der Waals surface area contributed by atoms with Gasteiger partial charge in [0.15, 0.2) is 18.2 Å². The summed E-state index contributed by atoms with van der Waals surface area (Å²) in [6, 6.07) is 11.8. The second-order valence-electron chi connectivity index (χ2n) is 4.40. The smallest absolute Gasteiger partial charge is 0.259 e. The minimum Gasteiger partial charge on any atom is -0.481 e. The van der Waals surface area contributed by atoms with Gasteiger partial charge in [-0.05, 0) is 29.8 Å². The number of benzene rings is 2. The molecule has 0 radical (unpaired) electrons. The number of hydrogen-bond acceptors (Lipinski definition) is 3. The predicted octanol–water partition coefficient (Wildman–Crippen LogP) is 2.72. The van der Waals surface area contributed by atoms with Gasteiger partial charge in [-0.15, -0.1) is 0 Å². The lowest BCUT2D eigenvalue weighted by Gasteiger charge is -2.12. The van der Waals surface area contributed by atoms with Crippen molar-refractivity contribution >= 4 is 5.91 Å². The number of nitrogens with zero attached hydrogens (tertiary/aromatic N) is 1. The highest BCUT2D eigenvalue weighted by molar-refractivity contribution is 5.78. The summed E-state index contributed by atoms with van der Waals surface area (Å²) in [5, 5.41) is 11.5. The van der Waals surface area contributed by atoms with E-state index in [0.717, 1.165) is 0 Å². The van der Waals surface area contributed by atoms with Crippen molar-refractivity contribution in [3.05, 3.63) is 65.7 Å². The van der Waals surface area contributed by atoms with Crippen LogP contribution >= 0.6 is 0 Å². The van der Waals surface area contributed by atoms with Crippen LogP contribution in [0.2, 0.25) is 0 Å². The molecule has 4 nitrogen and oxygen atoms in total. The van der Waals surface area contributed by atoms with Crippen LogP contribution in [0.4, 0.5) is 8.78 Å². The molecule has 2 aromatic carbocycles. The van der Waals surface area contributed by atoms with Crippen LogP contribution in [-0.4, -0.2) is 12.5 Å². The molecule has 0 unspecified atom stereocenters. The van der Waals surface area contributed by atoms with Gasteiger partial charge in [-0.25, -0.2) is 8.78 Å². The van der Waals surface area contributed by atoms with E-state index in [1.165, 1.54) is 42.5 Å². The van der Waals surface area contributed by atoms with Gasteiger partial charge in [0, 0.05) is 0 Å². The van der Waals surface area contributed by atoms with Gasteiger partial charge < -0.3 is 10.1 Å². The number of para-hydroxylation sites is 1. The van der Waals surface area contributed by atoms with Gasteiger partial charge in [-0.1, -0.05) is 24.3 Å². The fourth-order valence-electron chi connectivity index (χ4n) is 1.75. The van der Waals surface area contributed by atoms with E-state index in [9.17, 15) is 13.6 Å². The van der Waals surface area contributed by atoms with Crippen molar-refractivity contribution in [2.24, 2.45) is 0 Å². The van der Waals surface area contributed by atoms with Gasteiger partial charge in [0.25, 0.3) is 5.91 Å². The van der Waals surface area contributed by atoms with Gasteiger partial charge in [0.2, 0.25) is 0 Å². The van der Waals surface area contributed by atoms with Crippen LogP contribution in [0, 0.1) is 23.0 Å². The number of ether oxygens (including phenoxy) is 1. The Morgan fingerprint density at radius 2 is 1.86 bits per heavy atom. The van der Waals surface area contributed by atoms with E-state index in [0.29, 0.717) is 5.56 Å². The molecule has 0 saturated carbocycles. The number of rotatable bonds is 5. The third kappa shape index (κ3) is 4.03. The molecule has 0 spiro atoms. The van der Waals surface area contributed by atoms with Gasteiger partial charge in [0.05, 0.1) is 6.07 Å². The van der Waals surface area contributed by atoms with Gasteiger partial charge in [0.1, 0.15) is 11.9 Å². The summed E-state index contributed by atoms with van der Waals surface area (Å²) in [7, 11) is 0. The molecule has 0 bridgehead atoms. The molecular weight excluding hydrogens is 290 g/mol. The molecule has 0 aliphatic heterocycles. The quantitative estimate of drug-likeness (QED) is 0.923. The molecule has 2 rings (SSSR count). The molecule has 112 valence electrons. The molecule has 1 atom stereocenters. The summed E-state index contributed by atoms with van der Waals surface area (Å²) in [5.41, 5.74) is 0.447. The standard InChI is InChI=1S/C16H12F2N2O2/c17-12-7-5-11(6-8-12)14(9-19)20-16(21)10-22-15-4-2-1-3-13(15)18/h1-8,14H,10H2,(H,20,21)/t14-/m1/s1. The summed E-state index contributed by atoms with van der Waals surface area (Å²) < 4.78 is 31.2. The van der Waals surface area contributed by atoms with Gasteiger partial charge >= 0.3 is 0 Å². The zero-order valence-electron chi connectivity index (χ0n) is 11.4. The molecule has 1 N–H and O–H groups in total. The first kappa shape index (κ1) is 15.4. The first-order valence-electron chi connectivity index (χ1n) is 6.42. The average Bonchev–Trinajstić information content (AvgIpc) is 2.53. The summed E-state index contributed by atoms with van der Waals surface area (Å²) in [5.74, 6) is -1.65. The van der Waals surface area contributed by atoms with Crippen molar-refractivity contribution in [1.82, 2.24) is 5.32 Å². The molecule has 0 heterocycles. The Morgan fingerprint density at radius 3 is 2.50 bits per heavy atom. The minimum atomic E-state index is -0.933. The normalized spacial score (nSPS) is 11.3. The molecule has 0 fully saturated rings. The topological polar surface area (TPSA) is 62.1 Å². The highest BCUT2D eigenvalue weighted by Gasteiger charge is 2.14. The maximum Gasteiger partial charge on any atom is 0.259 e. The zero-order chi connectivity index (χ0) is 15.9. The van der Waals surface area contributed by atoms with E-state index in [-0.39, 0.29) is 5.75 Å². The van der Waals surface area contributed by atoms with Crippen molar-refractivity contribution in [1.29, 1.82) is 5.26 Å².